The Balaban J connectivity index is 1.62. The third-order valence-corrected chi connectivity index (χ3v) is 5.58. The van der Waals surface area contributed by atoms with Crippen LogP contribution in [0.1, 0.15) is 11.1 Å². The van der Waals surface area contributed by atoms with Gasteiger partial charge in [-0.1, -0.05) is 12.1 Å². The number of nitriles is 1. The molecule has 1 amide bonds. The molecule has 9 heteroatoms. The molecule has 1 aliphatic rings. The largest absolute Gasteiger partial charge is 0.507 e. The number of carbonyl (C=O) groups is 1. The van der Waals surface area contributed by atoms with E-state index in [4.69, 9.17) is 10.00 Å². The van der Waals surface area contributed by atoms with Crippen molar-refractivity contribution in [2.75, 3.05) is 24.6 Å². The second-order valence-corrected chi connectivity index (χ2v) is 7.61. The van der Waals surface area contributed by atoms with Crippen molar-refractivity contribution in [3.63, 3.8) is 0 Å². The van der Waals surface area contributed by atoms with E-state index < -0.39 is 15.8 Å². The number of benzene rings is 2. The van der Waals surface area contributed by atoms with Gasteiger partial charge in [-0.25, -0.2) is 17.9 Å². The van der Waals surface area contributed by atoms with Crippen LogP contribution in [0.2, 0.25) is 0 Å². The van der Waals surface area contributed by atoms with Crippen LogP contribution in [0.4, 0.5) is 10.5 Å². The Morgan fingerprint density at radius 1 is 1.22 bits per heavy atom. The van der Waals surface area contributed by atoms with Crippen molar-refractivity contribution in [1.29, 1.82) is 5.26 Å². The van der Waals surface area contributed by atoms with Crippen molar-refractivity contribution in [2.45, 2.75) is 11.3 Å². The van der Waals surface area contributed by atoms with Gasteiger partial charge in [0.1, 0.15) is 17.3 Å². The number of sulfonamides is 1. The number of ether oxygens (including phenoxy) is 1. The van der Waals surface area contributed by atoms with E-state index >= 15 is 0 Å². The second-order valence-electron chi connectivity index (χ2n) is 5.87. The predicted octanol–water partition coefficient (Wildman–Crippen LogP) is 1.74. The maximum Gasteiger partial charge on any atom is 0.414 e. The smallest absolute Gasteiger partial charge is 0.414 e. The Kier molecular flexibility index (Phi) is 5.30. The van der Waals surface area contributed by atoms with E-state index in [2.05, 4.69) is 4.72 Å². The van der Waals surface area contributed by atoms with E-state index in [0.29, 0.717) is 19.6 Å². The number of amides is 1. The molecule has 0 aromatic heterocycles. The maximum atomic E-state index is 12.3. The molecule has 0 saturated carbocycles. The zero-order chi connectivity index (χ0) is 19.4. The third kappa shape index (κ3) is 4.19. The van der Waals surface area contributed by atoms with E-state index in [1.165, 1.54) is 17.0 Å². The summed E-state index contributed by atoms with van der Waals surface area (Å²) >= 11 is 0. The first-order valence-corrected chi connectivity index (χ1v) is 9.65. The van der Waals surface area contributed by atoms with E-state index in [9.17, 15) is 18.3 Å². The highest BCUT2D eigenvalue weighted by molar-refractivity contribution is 7.89. The first-order valence-electron chi connectivity index (χ1n) is 8.17. The number of phenolic OH excluding ortho intramolecular Hbond substituents is 1. The van der Waals surface area contributed by atoms with E-state index in [1.807, 2.05) is 18.2 Å². The minimum Gasteiger partial charge on any atom is -0.507 e. The average molecular weight is 387 g/mol. The van der Waals surface area contributed by atoms with Crippen LogP contribution in [0.5, 0.6) is 5.75 Å². The second kappa shape index (κ2) is 7.65. The molecule has 1 aliphatic heterocycles. The van der Waals surface area contributed by atoms with Gasteiger partial charge >= 0.3 is 6.09 Å². The van der Waals surface area contributed by atoms with Crippen LogP contribution >= 0.6 is 0 Å². The summed E-state index contributed by atoms with van der Waals surface area (Å²) in [5.74, 6) is -0.414. The van der Waals surface area contributed by atoms with Gasteiger partial charge in [-0.3, -0.25) is 4.90 Å². The molecule has 0 radical (unpaired) electrons. The molecular weight excluding hydrogens is 370 g/mol. The summed E-state index contributed by atoms with van der Waals surface area (Å²) in [5, 5.41) is 18.6. The van der Waals surface area contributed by atoms with Crippen LogP contribution in [-0.4, -0.2) is 39.3 Å². The SMILES string of the molecule is N#Cc1ccc(O)c(S(=O)(=O)NCCc2ccc(N3CCOC3=O)cc2)c1. The number of cyclic esters (lactones) is 1. The van der Waals surface area contributed by atoms with Gasteiger partial charge in [-0.2, -0.15) is 5.26 Å². The number of aromatic hydroxyl groups is 1. The van der Waals surface area contributed by atoms with Gasteiger partial charge < -0.3 is 9.84 Å². The Morgan fingerprint density at radius 3 is 2.59 bits per heavy atom. The summed E-state index contributed by atoms with van der Waals surface area (Å²) in [5.41, 5.74) is 1.74. The van der Waals surface area contributed by atoms with Crippen molar-refractivity contribution < 1.29 is 23.1 Å². The van der Waals surface area contributed by atoms with Gasteiger partial charge in [-0.05, 0) is 42.3 Å². The van der Waals surface area contributed by atoms with Crippen LogP contribution < -0.4 is 9.62 Å². The molecule has 2 aromatic carbocycles. The monoisotopic (exact) mass is 387 g/mol. The topological polar surface area (TPSA) is 120 Å². The molecular formula is C18H17N3O5S. The standard InChI is InChI=1S/C18H17N3O5S/c19-12-14-3-6-16(22)17(11-14)27(24,25)20-8-7-13-1-4-15(5-2-13)21-9-10-26-18(21)23/h1-6,11,20,22H,7-10H2. The molecule has 1 fully saturated rings. The van der Waals surface area contributed by atoms with Crippen molar-refractivity contribution in [3.8, 4) is 11.8 Å². The lowest BCUT2D eigenvalue weighted by molar-refractivity contribution is 0.181. The number of hydrogen-bond acceptors (Lipinski definition) is 6. The highest BCUT2D eigenvalue weighted by Gasteiger charge is 2.23. The average Bonchev–Trinajstić information content (AvgIpc) is 3.08. The first-order chi connectivity index (χ1) is 12.9. The normalized spacial score (nSPS) is 14.0. The molecule has 0 unspecified atom stereocenters. The Hall–Kier alpha value is -3.09. The maximum absolute atomic E-state index is 12.3. The molecule has 2 N–H and O–H groups in total. The highest BCUT2D eigenvalue weighted by atomic mass is 32.2. The van der Waals surface area contributed by atoms with Crippen molar-refractivity contribution >= 4 is 21.8 Å². The molecule has 140 valence electrons. The molecule has 0 atom stereocenters. The number of nitrogens with zero attached hydrogens (tertiary/aromatic N) is 2. The van der Waals surface area contributed by atoms with Crippen molar-refractivity contribution in [1.82, 2.24) is 4.72 Å². The number of rotatable bonds is 6. The highest BCUT2D eigenvalue weighted by Crippen LogP contribution is 2.23. The van der Waals surface area contributed by atoms with Gasteiger partial charge in [0, 0.05) is 12.2 Å². The van der Waals surface area contributed by atoms with E-state index in [-0.39, 0.29) is 23.1 Å². The van der Waals surface area contributed by atoms with Gasteiger partial charge in [-0.15, -0.1) is 0 Å². The zero-order valence-electron chi connectivity index (χ0n) is 14.3. The molecule has 2 aromatic rings. The summed E-state index contributed by atoms with van der Waals surface area (Å²) in [6, 6.07) is 12.7. The number of hydrogen-bond donors (Lipinski definition) is 2. The molecule has 1 saturated heterocycles. The van der Waals surface area contributed by atoms with Crippen LogP contribution in [-0.2, 0) is 21.2 Å². The molecule has 3 rings (SSSR count). The van der Waals surface area contributed by atoms with Crippen LogP contribution in [0.25, 0.3) is 0 Å². The fourth-order valence-electron chi connectivity index (χ4n) is 2.68. The Bertz CT molecular complexity index is 997. The van der Waals surface area contributed by atoms with Crippen LogP contribution in [0.3, 0.4) is 0 Å². The Morgan fingerprint density at radius 2 is 1.96 bits per heavy atom. The minimum absolute atomic E-state index is 0.115. The number of carbonyl (C=O) groups excluding carboxylic acids is 1. The zero-order valence-corrected chi connectivity index (χ0v) is 15.1. The number of anilines is 1. The fourth-order valence-corrected chi connectivity index (χ4v) is 3.83. The van der Waals surface area contributed by atoms with Gasteiger partial charge in [0.25, 0.3) is 0 Å². The first kappa shape index (κ1) is 18.7. The fraction of sp³-hybridized carbons (Fsp3) is 0.222. The third-order valence-electron chi connectivity index (χ3n) is 4.09. The molecule has 8 nitrogen and oxygen atoms in total. The van der Waals surface area contributed by atoms with Crippen LogP contribution in [0.15, 0.2) is 47.4 Å². The van der Waals surface area contributed by atoms with E-state index in [1.54, 1.807) is 12.1 Å². The Labute approximate surface area is 156 Å². The van der Waals surface area contributed by atoms with Gasteiger partial charge in [0.15, 0.2) is 0 Å². The van der Waals surface area contributed by atoms with Crippen molar-refractivity contribution in [2.24, 2.45) is 0 Å². The lowest BCUT2D eigenvalue weighted by Gasteiger charge is -2.13. The van der Waals surface area contributed by atoms with Crippen molar-refractivity contribution in [3.05, 3.63) is 53.6 Å². The minimum atomic E-state index is -3.94. The lowest BCUT2D eigenvalue weighted by atomic mass is 10.1. The summed E-state index contributed by atoms with van der Waals surface area (Å²) < 4.78 is 32.0. The number of nitrogens with one attached hydrogen (secondary N) is 1. The van der Waals surface area contributed by atoms with Crippen LogP contribution in [0, 0.1) is 11.3 Å². The van der Waals surface area contributed by atoms with E-state index in [0.717, 1.165) is 17.3 Å². The molecule has 0 bridgehead atoms. The molecule has 0 spiro atoms. The number of phenols is 1. The van der Waals surface area contributed by atoms with Gasteiger partial charge in [0.05, 0.1) is 18.2 Å². The molecule has 1 heterocycles. The predicted molar refractivity (Wildman–Crippen MR) is 96.9 cm³/mol. The molecule has 0 aliphatic carbocycles. The summed E-state index contributed by atoms with van der Waals surface area (Å²) in [6.45, 7) is 0.981. The summed E-state index contributed by atoms with van der Waals surface area (Å²) in [7, 11) is -3.94. The summed E-state index contributed by atoms with van der Waals surface area (Å²) in [4.78, 5) is 12.7. The lowest BCUT2D eigenvalue weighted by Crippen LogP contribution is -2.26. The van der Waals surface area contributed by atoms with Gasteiger partial charge in [0.2, 0.25) is 10.0 Å². The molecule has 27 heavy (non-hydrogen) atoms. The quantitative estimate of drug-likeness (QED) is 0.779. The summed E-state index contributed by atoms with van der Waals surface area (Å²) in [6.07, 6.45) is 0.0396.